The quantitative estimate of drug-likeness (QED) is 0.159. The largest absolute Gasteiger partial charge is 0.526 e. The van der Waals surface area contributed by atoms with Crippen LogP contribution in [-0.2, 0) is 30.6 Å². The van der Waals surface area contributed by atoms with E-state index in [0.717, 1.165) is 5.57 Å². The fraction of sp³-hybridized carbons (Fsp3) is 0.529. The van der Waals surface area contributed by atoms with Crippen LogP contribution in [0, 0.1) is 0 Å². The minimum absolute atomic E-state index is 0. The number of amides is 2. The average molecular weight is 520 g/mol. The SMILES string of the molecule is C=C/C(=C\C(=C/C)CN[C-]=O)NNC(=O)OC(C)(C)C.CC.[B]C.[W]. The van der Waals surface area contributed by atoms with E-state index in [2.05, 4.69) is 30.6 Å². The van der Waals surface area contributed by atoms with Gasteiger partial charge in [0.1, 0.15) is 5.60 Å². The van der Waals surface area contributed by atoms with Gasteiger partial charge in [0.25, 0.3) is 0 Å². The van der Waals surface area contributed by atoms with Gasteiger partial charge in [0.05, 0.1) is 13.5 Å². The van der Waals surface area contributed by atoms with Crippen LogP contribution < -0.4 is 16.2 Å². The van der Waals surface area contributed by atoms with E-state index in [9.17, 15) is 9.59 Å². The minimum Gasteiger partial charge on any atom is -0.526 e. The van der Waals surface area contributed by atoms with Crippen LogP contribution in [0.5, 0.6) is 0 Å². The molecule has 0 atom stereocenters. The maximum absolute atomic E-state index is 11.5. The number of rotatable bonds is 7. The number of ether oxygens (including phenoxy) is 1. The molecule has 0 aliphatic rings. The molecular formula is C17H31BN3O3W-. The molecule has 0 saturated heterocycles. The monoisotopic (exact) mass is 520 g/mol. The average Bonchev–Trinajstić information content (AvgIpc) is 2.56. The van der Waals surface area contributed by atoms with E-state index < -0.39 is 11.7 Å². The van der Waals surface area contributed by atoms with Gasteiger partial charge in [0.2, 0.25) is 0 Å². The Bertz CT molecular complexity index is 420. The molecule has 0 aromatic carbocycles. The van der Waals surface area contributed by atoms with Crippen LogP contribution in [-0.4, -0.2) is 32.5 Å². The molecule has 6 nitrogen and oxygen atoms in total. The van der Waals surface area contributed by atoms with Crippen molar-refractivity contribution in [2.24, 2.45) is 0 Å². The third kappa shape index (κ3) is 22.5. The molecule has 3 N–H and O–H groups in total. The van der Waals surface area contributed by atoms with E-state index in [4.69, 9.17) is 4.74 Å². The molecule has 25 heavy (non-hydrogen) atoms. The van der Waals surface area contributed by atoms with Crippen molar-refractivity contribution in [3.63, 3.8) is 0 Å². The van der Waals surface area contributed by atoms with Crippen molar-refractivity contribution in [2.45, 2.75) is 54.0 Å². The predicted molar refractivity (Wildman–Crippen MR) is 101 cm³/mol. The Hall–Kier alpha value is -1.49. The summed E-state index contributed by atoms with van der Waals surface area (Å²) < 4.78 is 5.08. The Morgan fingerprint density at radius 3 is 2.12 bits per heavy atom. The molecule has 2 radical (unpaired) electrons. The van der Waals surface area contributed by atoms with Crippen molar-refractivity contribution in [1.82, 2.24) is 16.2 Å². The van der Waals surface area contributed by atoms with Crippen molar-refractivity contribution in [2.75, 3.05) is 6.54 Å². The number of carbonyl (C=O) groups excluding carboxylic acids is 2. The summed E-state index contributed by atoms with van der Waals surface area (Å²) in [5, 5.41) is 2.43. The molecule has 0 aromatic heterocycles. The molecule has 0 spiro atoms. The summed E-state index contributed by atoms with van der Waals surface area (Å²) in [6.07, 6.45) is 6.09. The van der Waals surface area contributed by atoms with Crippen LogP contribution in [0.15, 0.2) is 36.1 Å². The van der Waals surface area contributed by atoms with Gasteiger partial charge in [-0.05, 0) is 45.4 Å². The Kier molecular flexibility index (Phi) is 25.7. The smallest absolute Gasteiger partial charge is 0.426 e. The normalized spacial score (nSPS) is 10.4. The van der Waals surface area contributed by atoms with Gasteiger partial charge >= 0.3 is 6.09 Å². The van der Waals surface area contributed by atoms with E-state index in [1.165, 1.54) is 12.9 Å². The topological polar surface area (TPSA) is 79.5 Å². The van der Waals surface area contributed by atoms with Gasteiger partial charge in [-0.3, -0.25) is 5.43 Å². The number of hydrazine groups is 1. The van der Waals surface area contributed by atoms with Gasteiger partial charge in [0, 0.05) is 27.6 Å². The molecule has 0 aromatic rings. The van der Waals surface area contributed by atoms with E-state index in [1.54, 1.807) is 33.3 Å². The van der Waals surface area contributed by atoms with Gasteiger partial charge in [-0.1, -0.05) is 33.3 Å². The van der Waals surface area contributed by atoms with Gasteiger partial charge in [0.15, 0.2) is 0 Å². The van der Waals surface area contributed by atoms with Gasteiger partial charge in [-0.25, -0.2) is 10.2 Å². The Balaban J connectivity index is -0.000000408. The fourth-order valence-electron chi connectivity index (χ4n) is 1.15. The number of hydrogen-bond acceptors (Lipinski definition) is 4. The molecule has 2 amide bonds. The first-order valence-corrected chi connectivity index (χ1v) is 7.74. The van der Waals surface area contributed by atoms with Crippen LogP contribution >= 0.6 is 0 Å². The molecule has 0 rings (SSSR count). The predicted octanol–water partition coefficient (Wildman–Crippen LogP) is 2.92. The summed E-state index contributed by atoms with van der Waals surface area (Å²) in [5.74, 6) is 0. The summed E-state index contributed by atoms with van der Waals surface area (Å²) in [5.41, 5.74) is 5.92. The molecular weight excluding hydrogens is 489 g/mol. The third-order valence-corrected chi connectivity index (χ3v) is 2.00. The molecule has 0 aliphatic heterocycles. The van der Waals surface area contributed by atoms with E-state index in [1.807, 2.05) is 26.8 Å². The first-order chi connectivity index (χ1) is 11.3. The molecule has 0 unspecified atom stereocenters. The van der Waals surface area contributed by atoms with E-state index in [-0.39, 0.29) is 21.1 Å². The molecule has 0 bridgehead atoms. The fourth-order valence-corrected chi connectivity index (χ4v) is 1.15. The second kappa shape index (κ2) is 20.6. The summed E-state index contributed by atoms with van der Waals surface area (Å²) >= 11 is 0. The van der Waals surface area contributed by atoms with E-state index >= 15 is 0 Å². The third-order valence-electron chi connectivity index (χ3n) is 2.00. The summed E-state index contributed by atoms with van der Waals surface area (Å²) in [7, 11) is 4.50. The van der Waals surface area contributed by atoms with Crippen LogP contribution in [0.4, 0.5) is 4.79 Å². The molecule has 0 aliphatic carbocycles. The zero-order chi connectivity index (χ0) is 19.6. The number of nitrogens with one attached hydrogen (secondary N) is 3. The maximum atomic E-state index is 11.5. The zero-order valence-electron chi connectivity index (χ0n) is 16.4. The van der Waals surface area contributed by atoms with Crippen LogP contribution in [0.25, 0.3) is 0 Å². The Labute approximate surface area is 168 Å². The Morgan fingerprint density at radius 2 is 1.76 bits per heavy atom. The summed E-state index contributed by atoms with van der Waals surface area (Å²) in [6.45, 7) is 16.6. The van der Waals surface area contributed by atoms with Crippen molar-refractivity contribution in [3.05, 3.63) is 36.1 Å². The van der Waals surface area contributed by atoms with Gasteiger partial charge < -0.3 is 14.8 Å². The molecule has 0 fully saturated rings. The first-order valence-electron chi connectivity index (χ1n) is 7.74. The Morgan fingerprint density at radius 1 is 1.24 bits per heavy atom. The van der Waals surface area contributed by atoms with Crippen molar-refractivity contribution in [3.8, 4) is 0 Å². The molecule has 0 heterocycles. The molecule has 142 valence electrons. The standard InChI is InChI=1S/C14H22N3O3.C2H6.CH3B.W/c1-6-11(9-15-10-18)8-12(7-2)16-17-13(19)20-14(3,4)5;2*1-2;/h6-8,16H,2,9H2,1,3-5H3,(H,15,18)(H,17,19);1-2H3;1H3;/q-1;;;/b11-6+,12-8+;;;. The molecule has 8 heteroatoms. The first kappa shape index (κ1) is 31.3. The maximum Gasteiger partial charge on any atom is 0.426 e. The zero-order valence-corrected chi connectivity index (χ0v) is 19.3. The number of carbonyl (C=O) groups is 1. The van der Waals surface area contributed by atoms with Gasteiger partial charge in [-0.2, -0.15) is 6.41 Å². The second-order valence-corrected chi connectivity index (χ2v) is 4.87. The summed E-state index contributed by atoms with van der Waals surface area (Å²) in [6, 6.07) is 0. The van der Waals surface area contributed by atoms with Crippen molar-refractivity contribution < 1.29 is 35.4 Å². The van der Waals surface area contributed by atoms with Crippen LogP contribution in [0.3, 0.4) is 0 Å². The van der Waals surface area contributed by atoms with Gasteiger partial charge in [-0.15, -0.1) is 0 Å². The van der Waals surface area contributed by atoms with Crippen LogP contribution in [0.2, 0.25) is 6.82 Å². The van der Waals surface area contributed by atoms with E-state index in [0.29, 0.717) is 12.2 Å². The summed E-state index contributed by atoms with van der Waals surface area (Å²) in [4.78, 5) is 21.6. The number of allylic oxidation sites excluding steroid dienone is 2. The second-order valence-electron chi connectivity index (χ2n) is 4.87. The van der Waals surface area contributed by atoms with Crippen molar-refractivity contribution >= 4 is 20.3 Å². The number of hydrogen-bond donors (Lipinski definition) is 3. The van der Waals surface area contributed by atoms with Crippen LogP contribution in [0.1, 0.15) is 41.5 Å². The van der Waals surface area contributed by atoms with Crippen molar-refractivity contribution in [1.29, 1.82) is 0 Å². The molecule has 0 saturated carbocycles. The minimum atomic E-state index is -0.591.